The monoisotopic (exact) mass is 513 g/mol. The molecule has 0 aliphatic heterocycles. The first-order chi connectivity index (χ1) is 18.7. The van der Waals surface area contributed by atoms with Crippen molar-refractivity contribution in [1.29, 1.82) is 0 Å². The Morgan fingerprint density at radius 2 is 0.789 bits per heavy atom. The molecule has 3 nitrogen and oxygen atoms in total. The van der Waals surface area contributed by atoms with Gasteiger partial charge in [0.25, 0.3) is 0 Å². The summed E-state index contributed by atoms with van der Waals surface area (Å²) >= 11 is 0. The molecule has 0 amide bonds. The Labute approximate surface area is 233 Å². The molecule has 0 spiro atoms. The summed E-state index contributed by atoms with van der Waals surface area (Å²) in [5.74, 6) is 0. The van der Waals surface area contributed by atoms with Gasteiger partial charge in [0.15, 0.2) is 0 Å². The number of anilines is 5. The van der Waals surface area contributed by atoms with Crippen LogP contribution in [-0.2, 0) is 0 Å². The van der Waals surface area contributed by atoms with E-state index < -0.39 is 0 Å². The van der Waals surface area contributed by atoms with Crippen LogP contribution < -0.4 is 15.5 Å². The van der Waals surface area contributed by atoms with E-state index in [4.69, 9.17) is 0 Å². The van der Waals surface area contributed by atoms with Crippen LogP contribution >= 0.6 is 0 Å². The summed E-state index contributed by atoms with van der Waals surface area (Å²) in [5, 5.41) is 7.22. The maximum Gasteiger partial charge on any atom is 0.0463 e. The highest BCUT2D eigenvalue weighted by Gasteiger charge is 2.12. The van der Waals surface area contributed by atoms with Crippen molar-refractivity contribution in [3.8, 4) is 0 Å². The lowest BCUT2D eigenvalue weighted by Crippen LogP contribution is -2.10. The van der Waals surface area contributed by atoms with Crippen LogP contribution in [0.5, 0.6) is 0 Å². The average Bonchev–Trinajstić information content (AvgIpc) is 2.95. The Hall–Kier alpha value is -2.94. The van der Waals surface area contributed by atoms with Crippen molar-refractivity contribution < 1.29 is 0 Å². The van der Waals surface area contributed by atoms with Gasteiger partial charge in [0.2, 0.25) is 0 Å². The maximum absolute atomic E-state index is 3.61. The Morgan fingerprint density at radius 3 is 1.18 bits per heavy atom. The van der Waals surface area contributed by atoms with Crippen molar-refractivity contribution in [2.24, 2.45) is 0 Å². The van der Waals surface area contributed by atoms with Crippen molar-refractivity contribution in [3.63, 3.8) is 0 Å². The van der Waals surface area contributed by atoms with Gasteiger partial charge in [-0.3, -0.25) is 0 Å². The van der Waals surface area contributed by atoms with E-state index in [1.807, 2.05) is 0 Å². The van der Waals surface area contributed by atoms with Gasteiger partial charge in [-0.25, -0.2) is 0 Å². The number of unbranched alkanes of at least 4 members (excludes halogenated alkanes) is 10. The molecular weight excluding hydrogens is 462 g/mol. The fraction of sp³-hybridized carbons (Fsp3) is 0.486. The van der Waals surface area contributed by atoms with Crippen LogP contribution in [0.2, 0.25) is 0 Å². The van der Waals surface area contributed by atoms with Gasteiger partial charge in [-0.1, -0.05) is 95.8 Å². The zero-order valence-corrected chi connectivity index (χ0v) is 24.3. The zero-order valence-electron chi connectivity index (χ0n) is 24.3. The molecular formula is C35H51N3. The highest BCUT2D eigenvalue weighted by Crippen LogP contribution is 2.35. The smallest absolute Gasteiger partial charge is 0.0463 e. The minimum Gasteiger partial charge on any atom is -0.385 e. The second kappa shape index (κ2) is 17.5. The minimum atomic E-state index is 1.04. The lowest BCUT2D eigenvalue weighted by Gasteiger charge is -2.26. The standard InChI is InChI=1S/C35H51N3/c1-4-6-8-10-12-14-28-36-31-18-24-34(25-19-31)38(33-22-16-30(3)17-23-33)35-26-20-32(21-27-35)37-29-15-13-11-9-7-5-2/h16-27,36-37H,4-15,28-29H2,1-3H3. The molecule has 3 aromatic rings. The van der Waals surface area contributed by atoms with Gasteiger partial charge in [0.1, 0.15) is 0 Å². The van der Waals surface area contributed by atoms with Crippen LogP contribution in [0.1, 0.15) is 96.5 Å². The second-order valence-corrected chi connectivity index (χ2v) is 10.7. The first kappa shape index (κ1) is 29.6. The number of nitrogens with one attached hydrogen (secondary N) is 2. The zero-order chi connectivity index (χ0) is 26.8. The quantitative estimate of drug-likeness (QED) is 0.156. The lowest BCUT2D eigenvalue weighted by atomic mass is 10.1. The van der Waals surface area contributed by atoms with Crippen molar-refractivity contribution in [3.05, 3.63) is 78.4 Å². The third-order valence-corrected chi connectivity index (χ3v) is 7.26. The van der Waals surface area contributed by atoms with Gasteiger partial charge in [0, 0.05) is 41.5 Å². The number of benzene rings is 3. The molecule has 0 atom stereocenters. The minimum absolute atomic E-state index is 1.04. The fourth-order valence-corrected chi connectivity index (χ4v) is 4.87. The summed E-state index contributed by atoms with van der Waals surface area (Å²) in [4.78, 5) is 2.34. The topological polar surface area (TPSA) is 27.3 Å². The Balaban J connectivity index is 1.60. The molecule has 2 N–H and O–H groups in total. The van der Waals surface area contributed by atoms with Gasteiger partial charge >= 0.3 is 0 Å². The summed E-state index contributed by atoms with van der Waals surface area (Å²) in [6.45, 7) is 8.77. The third-order valence-electron chi connectivity index (χ3n) is 7.26. The normalized spacial score (nSPS) is 10.9. The highest BCUT2D eigenvalue weighted by atomic mass is 15.1. The lowest BCUT2D eigenvalue weighted by molar-refractivity contribution is 0.617. The predicted molar refractivity (Wildman–Crippen MR) is 170 cm³/mol. The Bertz CT molecular complexity index is 931. The first-order valence-electron chi connectivity index (χ1n) is 15.3. The molecule has 0 aliphatic carbocycles. The van der Waals surface area contributed by atoms with Gasteiger partial charge in [-0.15, -0.1) is 0 Å². The highest BCUT2D eigenvalue weighted by molar-refractivity contribution is 5.78. The van der Waals surface area contributed by atoms with E-state index in [2.05, 4.69) is 109 Å². The van der Waals surface area contributed by atoms with Crippen molar-refractivity contribution >= 4 is 28.4 Å². The number of hydrogen-bond acceptors (Lipinski definition) is 3. The summed E-state index contributed by atoms with van der Waals surface area (Å²) < 4.78 is 0. The number of aryl methyl sites for hydroxylation is 1. The van der Waals surface area contributed by atoms with E-state index in [1.54, 1.807) is 0 Å². The van der Waals surface area contributed by atoms with Crippen LogP contribution in [-0.4, -0.2) is 13.1 Å². The van der Waals surface area contributed by atoms with Crippen LogP contribution in [0.3, 0.4) is 0 Å². The van der Waals surface area contributed by atoms with Gasteiger partial charge < -0.3 is 15.5 Å². The summed E-state index contributed by atoms with van der Waals surface area (Å²) in [6, 6.07) is 26.6. The second-order valence-electron chi connectivity index (χ2n) is 10.7. The first-order valence-corrected chi connectivity index (χ1v) is 15.3. The van der Waals surface area contributed by atoms with E-state index >= 15 is 0 Å². The molecule has 206 valence electrons. The molecule has 0 fully saturated rings. The van der Waals surface area contributed by atoms with Gasteiger partial charge in [0.05, 0.1) is 0 Å². The molecule has 3 heteroatoms. The molecule has 3 aromatic carbocycles. The molecule has 0 radical (unpaired) electrons. The average molecular weight is 514 g/mol. The summed E-state index contributed by atoms with van der Waals surface area (Å²) in [6.07, 6.45) is 15.9. The van der Waals surface area contributed by atoms with Crippen LogP contribution in [0.15, 0.2) is 72.8 Å². The molecule has 0 saturated heterocycles. The van der Waals surface area contributed by atoms with E-state index in [-0.39, 0.29) is 0 Å². The predicted octanol–water partition coefficient (Wildman–Crippen LogP) is 11.0. The molecule has 0 bridgehead atoms. The third kappa shape index (κ3) is 10.4. The van der Waals surface area contributed by atoms with E-state index in [0.717, 1.165) is 13.1 Å². The Kier molecular flexibility index (Phi) is 13.7. The number of rotatable bonds is 19. The largest absolute Gasteiger partial charge is 0.385 e. The summed E-state index contributed by atoms with van der Waals surface area (Å²) in [5.41, 5.74) is 7.19. The molecule has 0 aromatic heterocycles. The van der Waals surface area contributed by atoms with Crippen LogP contribution in [0.25, 0.3) is 0 Å². The van der Waals surface area contributed by atoms with Gasteiger partial charge in [-0.05, 0) is 80.4 Å². The molecule has 0 heterocycles. The fourth-order valence-electron chi connectivity index (χ4n) is 4.87. The van der Waals surface area contributed by atoms with Crippen molar-refractivity contribution in [2.75, 3.05) is 28.6 Å². The van der Waals surface area contributed by atoms with Crippen LogP contribution in [0, 0.1) is 6.92 Å². The molecule has 0 aliphatic rings. The van der Waals surface area contributed by atoms with E-state index in [9.17, 15) is 0 Å². The Morgan fingerprint density at radius 1 is 0.447 bits per heavy atom. The molecule has 0 unspecified atom stereocenters. The van der Waals surface area contributed by atoms with E-state index in [0.29, 0.717) is 0 Å². The van der Waals surface area contributed by atoms with Gasteiger partial charge in [-0.2, -0.15) is 0 Å². The van der Waals surface area contributed by atoms with Crippen LogP contribution in [0.4, 0.5) is 28.4 Å². The van der Waals surface area contributed by atoms with Crippen molar-refractivity contribution in [1.82, 2.24) is 0 Å². The number of nitrogens with zero attached hydrogens (tertiary/aromatic N) is 1. The SMILES string of the molecule is CCCCCCCCNc1ccc(N(c2ccc(C)cc2)c2ccc(NCCCCCCCC)cc2)cc1. The maximum atomic E-state index is 3.61. The molecule has 38 heavy (non-hydrogen) atoms. The molecule has 0 saturated carbocycles. The molecule has 3 rings (SSSR count). The summed E-state index contributed by atoms with van der Waals surface area (Å²) in [7, 11) is 0. The number of hydrogen-bond donors (Lipinski definition) is 2. The van der Waals surface area contributed by atoms with Crippen molar-refractivity contribution in [2.45, 2.75) is 97.8 Å². The van der Waals surface area contributed by atoms with E-state index in [1.165, 1.54) is 111 Å².